The third-order valence-corrected chi connectivity index (χ3v) is 3.24. The number of nitrogens with zero attached hydrogens (tertiary/aromatic N) is 1. The van der Waals surface area contributed by atoms with Crippen molar-refractivity contribution < 1.29 is 21.6 Å². The van der Waals surface area contributed by atoms with Crippen LogP contribution in [0.4, 0.5) is 13.2 Å². The molecule has 0 unspecified atom stereocenters. The fraction of sp³-hybridized carbons (Fsp3) is 0.100. The molecule has 0 saturated carbocycles. The van der Waals surface area contributed by atoms with Gasteiger partial charge >= 0.3 is 6.18 Å². The number of sulfonamides is 1. The Hall–Kier alpha value is -1.67. The average molecular weight is 276 g/mol. The van der Waals surface area contributed by atoms with Crippen molar-refractivity contribution >= 4 is 20.8 Å². The molecule has 0 amide bonds. The number of hydrogen-bond acceptors (Lipinski definition) is 3. The van der Waals surface area contributed by atoms with Gasteiger partial charge in [0.1, 0.15) is 0 Å². The molecular formula is C10H7F3N2O2S. The highest BCUT2D eigenvalue weighted by molar-refractivity contribution is 7.89. The van der Waals surface area contributed by atoms with Gasteiger partial charge in [0.05, 0.1) is 4.90 Å². The molecule has 2 aromatic rings. The minimum Gasteiger partial charge on any atom is -0.251 e. The maximum Gasteiger partial charge on any atom is 0.433 e. The second-order valence-corrected chi connectivity index (χ2v) is 5.15. The van der Waals surface area contributed by atoms with Crippen molar-refractivity contribution in [3.05, 3.63) is 36.2 Å². The van der Waals surface area contributed by atoms with Gasteiger partial charge in [-0.3, -0.25) is 4.98 Å². The molecule has 8 heteroatoms. The highest BCUT2D eigenvalue weighted by Gasteiger charge is 2.34. The van der Waals surface area contributed by atoms with E-state index in [0.717, 1.165) is 24.4 Å². The van der Waals surface area contributed by atoms with Gasteiger partial charge in [-0.1, -0.05) is 6.07 Å². The van der Waals surface area contributed by atoms with E-state index in [1.807, 2.05) is 0 Å². The lowest BCUT2D eigenvalue weighted by Gasteiger charge is -2.09. The van der Waals surface area contributed by atoms with Gasteiger partial charge in [-0.2, -0.15) is 13.2 Å². The van der Waals surface area contributed by atoms with Gasteiger partial charge in [-0.25, -0.2) is 13.6 Å². The molecule has 0 aliphatic carbocycles. The van der Waals surface area contributed by atoms with Crippen LogP contribution in [-0.4, -0.2) is 13.4 Å². The van der Waals surface area contributed by atoms with Crippen LogP contribution in [0.15, 0.2) is 35.4 Å². The highest BCUT2D eigenvalue weighted by atomic mass is 32.2. The van der Waals surface area contributed by atoms with E-state index in [0.29, 0.717) is 0 Å². The second kappa shape index (κ2) is 3.92. The maximum atomic E-state index is 12.6. The predicted octanol–water partition coefficient (Wildman–Crippen LogP) is 1.90. The minimum atomic E-state index is -4.59. The first kappa shape index (κ1) is 12.8. The standard InChI is InChI=1S/C10H7F3N2O2S/c11-10(12,13)9-8-2-1-7(18(14,16)17)5-6(8)3-4-15-9/h1-5H,(H2,14,16,17). The second-order valence-electron chi connectivity index (χ2n) is 3.59. The first-order valence-corrected chi connectivity index (χ1v) is 6.23. The lowest BCUT2D eigenvalue weighted by molar-refractivity contribution is -0.139. The largest absolute Gasteiger partial charge is 0.433 e. The van der Waals surface area contributed by atoms with E-state index in [1.54, 1.807) is 0 Å². The number of hydrogen-bond donors (Lipinski definition) is 1. The normalized spacial score (nSPS) is 12.9. The number of rotatable bonds is 1. The molecule has 0 radical (unpaired) electrons. The molecule has 1 heterocycles. The number of nitrogens with two attached hydrogens (primary N) is 1. The van der Waals surface area contributed by atoms with Crippen molar-refractivity contribution in [3.8, 4) is 0 Å². The van der Waals surface area contributed by atoms with E-state index in [2.05, 4.69) is 4.98 Å². The summed E-state index contributed by atoms with van der Waals surface area (Å²) in [5.74, 6) is 0. The summed E-state index contributed by atoms with van der Waals surface area (Å²) in [5.41, 5.74) is -1.05. The summed E-state index contributed by atoms with van der Waals surface area (Å²) in [7, 11) is -3.94. The summed E-state index contributed by atoms with van der Waals surface area (Å²) >= 11 is 0. The number of benzene rings is 1. The fourth-order valence-electron chi connectivity index (χ4n) is 1.56. The van der Waals surface area contributed by atoms with E-state index in [4.69, 9.17) is 5.14 Å². The van der Waals surface area contributed by atoms with Crippen LogP contribution < -0.4 is 5.14 Å². The molecule has 4 nitrogen and oxygen atoms in total. The molecule has 18 heavy (non-hydrogen) atoms. The number of alkyl halides is 3. The van der Waals surface area contributed by atoms with E-state index in [1.165, 1.54) is 6.07 Å². The van der Waals surface area contributed by atoms with Gasteiger partial charge in [0, 0.05) is 11.6 Å². The van der Waals surface area contributed by atoms with Crippen molar-refractivity contribution in [2.75, 3.05) is 0 Å². The van der Waals surface area contributed by atoms with Gasteiger partial charge in [0.25, 0.3) is 0 Å². The topological polar surface area (TPSA) is 73.1 Å². The molecule has 0 aliphatic heterocycles. The van der Waals surface area contributed by atoms with Gasteiger partial charge in [0.2, 0.25) is 10.0 Å². The van der Waals surface area contributed by atoms with Crippen LogP contribution in [0.2, 0.25) is 0 Å². The Kier molecular flexibility index (Phi) is 2.78. The van der Waals surface area contributed by atoms with Crippen molar-refractivity contribution in [3.63, 3.8) is 0 Å². The van der Waals surface area contributed by atoms with E-state index >= 15 is 0 Å². The number of primary sulfonamides is 1. The molecule has 96 valence electrons. The lowest BCUT2D eigenvalue weighted by Crippen LogP contribution is -2.12. The summed E-state index contributed by atoms with van der Waals surface area (Å²) in [4.78, 5) is 3.02. The van der Waals surface area contributed by atoms with Crippen LogP contribution in [0.25, 0.3) is 10.8 Å². The van der Waals surface area contributed by atoms with Gasteiger partial charge in [-0.15, -0.1) is 0 Å². The average Bonchev–Trinajstić information content (AvgIpc) is 2.25. The first-order valence-electron chi connectivity index (χ1n) is 4.68. The fourth-order valence-corrected chi connectivity index (χ4v) is 2.11. The number of halogens is 3. The Morgan fingerprint density at radius 1 is 1.17 bits per heavy atom. The van der Waals surface area contributed by atoms with E-state index in [-0.39, 0.29) is 15.7 Å². The zero-order valence-corrected chi connectivity index (χ0v) is 9.59. The summed E-state index contributed by atoms with van der Waals surface area (Å²) < 4.78 is 60.1. The molecule has 2 rings (SSSR count). The smallest absolute Gasteiger partial charge is 0.251 e. The summed E-state index contributed by atoms with van der Waals surface area (Å²) in [6.45, 7) is 0. The third kappa shape index (κ3) is 2.29. The molecule has 0 spiro atoms. The van der Waals surface area contributed by atoms with E-state index in [9.17, 15) is 21.6 Å². The number of fused-ring (bicyclic) bond motifs is 1. The highest BCUT2D eigenvalue weighted by Crippen LogP contribution is 2.33. The quantitative estimate of drug-likeness (QED) is 0.864. The molecule has 2 N–H and O–H groups in total. The Balaban J connectivity index is 2.76. The Labute approximate surface area is 100 Å². The minimum absolute atomic E-state index is 0.115. The number of pyridine rings is 1. The Bertz CT molecular complexity index is 711. The van der Waals surface area contributed by atoms with Gasteiger partial charge in [0.15, 0.2) is 5.69 Å². The summed E-state index contributed by atoms with van der Waals surface area (Å²) in [6, 6.07) is 4.44. The first-order chi connectivity index (χ1) is 8.19. The lowest BCUT2D eigenvalue weighted by atomic mass is 10.1. The Morgan fingerprint density at radius 2 is 1.83 bits per heavy atom. The molecule has 0 bridgehead atoms. The van der Waals surface area contributed by atoms with Crippen LogP contribution in [0, 0.1) is 0 Å². The molecule has 0 atom stereocenters. The van der Waals surface area contributed by atoms with Gasteiger partial charge in [-0.05, 0) is 23.6 Å². The molecule has 1 aromatic heterocycles. The van der Waals surface area contributed by atoms with Crippen molar-refractivity contribution in [2.45, 2.75) is 11.1 Å². The number of aromatic nitrogens is 1. The molecule has 1 aromatic carbocycles. The van der Waals surface area contributed by atoms with Crippen molar-refractivity contribution in [1.29, 1.82) is 0 Å². The summed E-state index contributed by atoms with van der Waals surface area (Å²) in [5, 5.41) is 4.85. The van der Waals surface area contributed by atoms with Crippen LogP contribution in [0.1, 0.15) is 5.69 Å². The molecular weight excluding hydrogens is 269 g/mol. The van der Waals surface area contributed by atoms with Crippen LogP contribution in [-0.2, 0) is 16.2 Å². The molecule has 0 fully saturated rings. The van der Waals surface area contributed by atoms with Crippen molar-refractivity contribution in [1.82, 2.24) is 4.98 Å². The van der Waals surface area contributed by atoms with Crippen LogP contribution in [0.3, 0.4) is 0 Å². The van der Waals surface area contributed by atoms with Crippen molar-refractivity contribution in [2.24, 2.45) is 5.14 Å². The summed E-state index contributed by atoms with van der Waals surface area (Å²) in [6.07, 6.45) is -3.62. The Morgan fingerprint density at radius 3 is 2.39 bits per heavy atom. The van der Waals surface area contributed by atoms with Crippen LogP contribution >= 0.6 is 0 Å². The SMILES string of the molecule is NS(=O)(=O)c1ccc2c(C(F)(F)F)nccc2c1. The zero-order chi connectivity index (χ0) is 13.6. The molecule has 0 saturated heterocycles. The molecule has 0 aliphatic rings. The van der Waals surface area contributed by atoms with E-state index < -0.39 is 21.9 Å². The monoisotopic (exact) mass is 276 g/mol. The van der Waals surface area contributed by atoms with Gasteiger partial charge < -0.3 is 0 Å². The van der Waals surface area contributed by atoms with Crippen LogP contribution in [0.5, 0.6) is 0 Å². The third-order valence-electron chi connectivity index (χ3n) is 2.33. The maximum absolute atomic E-state index is 12.6. The predicted molar refractivity (Wildman–Crippen MR) is 58.1 cm³/mol. The zero-order valence-electron chi connectivity index (χ0n) is 8.77.